The van der Waals surface area contributed by atoms with Crippen molar-refractivity contribution in [3.05, 3.63) is 12.5 Å². The van der Waals surface area contributed by atoms with Gasteiger partial charge in [-0.1, -0.05) is 0 Å². The molecule has 0 atom stereocenters. The second-order valence-corrected chi connectivity index (χ2v) is 4.83. The first-order chi connectivity index (χ1) is 9.65. The molecule has 0 fully saturated rings. The summed E-state index contributed by atoms with van der Waals surface area (Å²) in [6, 6.07) is 0.283. The van der Waals surface area contributed by atoms with E-state index in [0.717, 1.165) is 16.9 Å². The van der Waals surface area contributed by atoms with Crippen LogP contribution in [0.3, 0.4) is 0 Å². The van der Waals surface area contributed by atoms with Crippen LogP contribution in [-0.4, -0.2) is 57.3 Å². The number of hydrogen-bond donors (Lipinski definition) is 1. The zero-order valence-corrected chi connectivity index (χ0v) is 12.2. The maximum absolute atomic E-state index is 8.73. The van der Waals surface area contributed by atoms with E-state index in [1.54, 1.807) is 17.2 Å². The zero-order valence-electron chi connectivity index (χ0n) is 12.2. The van der Waals surface area contributed by atoms with Gasteiger partial charge in [0.1, 0.15) is 12.1 Å². The average molecular weight is 279 g/mol. The monoisotopic (exact) mass is 279 g/mol. The number of aryl methyl sites for hydroxylation is 1. The first-order valence-electron chi connectivity index (χ1n) is 6.73. The Morgan fingerprint density at radius 2 is 2.15 bits per heavy atom. The van der Waals surface area contributed by atoms with Gasteiger partial charge in [-0.3, -0.25) is 4.68 Å². The molecule has 0 amide bonds. The number of rotatable bonds is 7. The van der Waals surface area contributed by atoms with Gasteiger partial charge in [0.15, 0.2) is 5.65 Å². The Hall–Kier alpha value is -1.73. The van der Waals surface area contributed by atoms with Crippen molar-refractivity contribution in [2.75, 3.05) is 31.3 Å². The molecule has 2 rings (SSSR count). The molecule has 0 bridgehead atoms. The number of nitrogens with zero attached hydrogens (tertiary/aromatic N) is 5. The molecule has 0 radical (unpaired) electrons. The van der Waals surface area contributed by atoms with E-state index >= 15 is 0 Å². The van der Waals surface area contributed by atoms with Gasteiger partial charge in [0.25, 0.3) is 0 Å². The summed E-state index contributed by atoms with van der Waals surface area (Å²) < 4.78 is 7.08. The minimum absolute atomic E-state index is 0.0437. The molecule has 0 spiro atoms. The minimum atomic E-state index is 0.0437. The van der Waals surface area contributed by atoms with E-state index in [9.17, 15) is 0 Å². The summed E-state index contributed by atoms with van der Waals surface area (Å²) >= 11 is 0. The quantitative estimate of drug-likeness (QED) is 0.747. The van der Waals surface area contributed by atoms with Gasteiger partial charge >= 0.3 is 0 Å². The van der Waals surface area contributed by atoms with E-state index < -0.39 is 0 Å². The third-order valence-corrected chi connectivity index (χ3v) is 3.12. The van der Waals surface area contributed by atoms with Crippen LogP contribution in [0.1, 0.15) is 13.8 Å². The van der Waals surface area contributed by atoms with E-state index in [2.05, 4.69) is 33.8 Å². The lowest BCUT2D eigenvalue weighted by atomic mass is 10.2. The largest absolute Gasteiger partial charge is 0.394 e. The number of aliphatic hydroxyl groups excluding tert-OH is 1. The molecule has 0 aliphatic rings. The van der Waals surface area contributed by atoms with Gasteiger partial charge in [0.2, 0.25) is 0 Å². The lowest BCUT2D eigenvalue weighted by Gasteiger charge is -2.28. The van der Waals surface area contributed by atoms with Crippen LogP contribution in [0.5, 0.6) is 0 Å². The van der Waals surface area contributed by atoms with Crippen molar-refractivity contribution in [3.63, 3.8) is 0 Å². The van der Waals surface area contributed by atoms with Crippen LogP contribution in [0.4, 0.5) is 5.82 Å². The highest BCUT2D eigenvalue weighted by molar-refractivity contribution is 5.86. The van der Waals surface area contributed by atoms with Gasteiger partial charge < -0.3 is 14.7 Å². The topological polar surface area (TPSA) is 76.3 Å². The molecule has 0 unspecified atom stereocenters. The number of aromatic nitrogens is 4. The lowest BCUT2D eigenvalue weighted by Crippen LogP contribution is -2.35. The number of aliphatic hydroxyl groups is 1. The summed E-state index contributed by atoms with van der Waals surface area (Å²) in [5.41, 5.74) is 0.817. The SMILES string of the molecule is CC(C)N(CCOCCO)c1ncnc2c1cnn2C. The van der Waals surface area contributed by atoms with Gasteiger partial charge in [-0.2, -0.15) is 5.10 Å². The fraction of sp³-hybridized carbons (Fsp3) is 0.615. The molecule has 110 valence electrons. The summed E-state index contributed by atoms with van der Waals surface area (Å²) in [5, 5.41) is 13.9. The van der Waals surface area contributed by atoms with Crippen molar-refractivity contribution in [2.24, 2.45) is 7.05 Å². The van der Waals surface area contributed by atoms with Crippen molar-refractivity contribution in [3.8, 4) is 0 Å². The Morgan fingerprint density at radius 3 is 2.85 bits per heavy atom. The maximum Gasteiger partial charge on any atom is 0.163 e. The Morgan fingerprint density at radius 1 is 1.35 bits per heavy atom. The number of anilines is 1. The van der Waals surface area contributed by atoms with E-state index in [1.165, 1.54) is 0 Å². The molecule has 0 saturated carbocycles. The first kappa shape index (κ1) is 14.7. The molecule has 1 N–H and O–H groups in total. The van der Waals surface area contributed by atoms with Crippen molar-refractivity contribution < 1.29 is 9.84 Å². The van der Waals surface area contributed by atoms with Crippen LogP contribution >= 0.6 is 0 Å². The van der Waals surface area contributed by atoms with Gasteiger partial charge in [-0.15, -0.1) is 0 Å². The predicted molar refractivity (Wildman–Crippen MR) is 76.7 cm³/mol. The van der Waals surface area contributed by atoms with Crippen LogP contribution in [0, 0.1) is 0 Å². The first-order valence-corrected chi connectivity index (χ1v) is 6.73. The van der Waals surface area contributed by atoms with Gasteiger partial charge in [-0.05, 0) is 13.8 Å². The van der Waals surface area contributed by atoms with Crippen molar-refractivity contribution >= 4 is 16.9 Å². The van der Waals surface area contributed by atoms with E-state index in [4.69, 9.17) is 9.84 Å². The second-order valence-electron chi connectivity index (χ2n) is 4.83. The second kappa shape index (κ2) is 6.62. The normalized spacial score (nSPS) is 11.4. The van der Waals surface area contributed by atoms with Crippen LogP contribution in [0.2, 0.25) is 0 Å². The fourth-order valence-electron chi connectivity index (χ4n) is 2.12. The lowest BCUT2D eigenvalue weighted by molar-refractivity contribution is 0.0961. The summed E-state index contributed by atoms with van der Waals surface area (Å²) in [4.78, 5) is 10.8. The van der Waals surface area contributed by atoms with Crippen molar-refractivity contribution in [1.82, 2.24) is 19.7 Å². The van der Waals surface area contributed by atoms with Gasteiger partial charge in [-0.25, -0.2) is 9.97 Å². The fourth-order valence-corrected chi connectivity index (χ4v) is 2.12. The van der Waals surface area contributed by atoms with E-state index in [-0.39, 0.29) is 12.6 Å². The number of hydrogen-bond acceptors (Lipinski definition) is 6. The number of ether oxygens (including phenoxy) is 1. The van der Waals surface area contributed by atoms with Crippen molar-refractivity contribution in [2.45, 2.75) is 19.9 Å². The molecule has 0 aromatic carbocycles. The van der Waals surface area contributed by atoms with Crippen LogP contribution in [-0.2, 0) is 11.8 Å². The highest BCUT2D eigenvalue weighted by Crippen LogP contribution is 2.23. The summed E-state index contributed by atoms with van der Waals surface area (Å²) in [7, 11) is 1.86. The van der Waals surface area contributed by atoms with Crippen LogP contribution < -0.4 is 4.90 Å². The van der Waals surface area contributed by atoms with Crippen LogP contribution in [0.25, 0.3) is 11.0 Å². The Labute approximate surface area is 118 Å². The molecule has 2 aromatic rings. The molecular weight excluding hydrogens is 258 g/mol. The molecule has 2 heterocycles. The zero-order chi connectivity index (χ0) is 14.5. The molecule has 7 heteroatoms. The molecule has 0 aliphatic heterocycles. The standard InChI is InChI=1S/C13H21N5O2/c1-10(2)18(4-6-20-7-5-19)13-11-8-16-17(3)12(11)14-9-15-13/h8-10,19H,4-7H2,1-3H3. The third-order valence-electron chi connectivity index (χ3n) is 3.12. The molecule has 2 aromatic heterocycles. The summed E-state index contributed by atoms with van der Waals surface area (Å²) in [6.45, 7) is 5.87. The molecule has 0 aliphatic carbocycles. The van der Waals surface area contributed by atoms with E-state index in [1.807, 2.05) is 7.05 Å². The highest BCUT2D eigenvalue weighted by Gasteiger charge is 2.17. The van der Waals surface area contributed by atoms with Crippen molar-refractivity contribution in [1.29, 1.82) is 0 Å². The smallest absolute Gasteiger partial charge is 0.163 e. The highest BCUT2D eigenvalue weighted by atomic mass is 16.5. The molecular formula is C13H21N5O2. The average Bonchev–Trinajstić information content (AvgIpc) is 2.81. The molecule has 7 nitrogen and oxygen atoms in total. The number of fused-ring (bicyclic) bond motifs is 1. The van der Waals surface area contributed by atoms with Crippen LogP contribution in [0.15, 0.2) is 12.5 Å². The third kappa shape index (κ3) is 3.05. The Balaban J connectivity index is 2.23. The summed E-state index contributed by atoms with van der Waals surface area (Å²) in [5.74, 6) is 0.866. The molecule has 0 saturated heterocycles. The predicted octanol–water partition coefficient (Wildman–Crippen LogP) is 0.587. The summed E-state index contributed by atoms with van der Waals surface area (Å²) in [6.07, 6.45) is 3.35. The minimum Gasteiger partial charge on any atom is -0.394 e. The van der Waals surface area contributed by atoms with Gasteiger partial charge in [0.05, 0.1) is 31.4 Å². The van der Waals surface area contributed by atoms with E-state index in [0.29, 0.717) is 19.8 Å². The molecule has 20 heavy (non-hydrogen) atoms. The van der Waals surface area contributed by atoms with Gasteiger partial charge in [0, 0.05) is 19.6 Å². The maximum atomic E-state index is 8.73. The Bertz CT molecular complexity index is 555. The Kier molecular flexibility index (Phi) is 4.86.